The Kier molecular flexibility index (Phi) is 4.82. The van der Waals surface area contributed by atoms with E-state index in [1.54, 1.807) is 9.80 Å². The van der Waals surface area contributed by atoms with Gasteiger partial charge in [0.05, 0.1) is 5.92 Å². The number of hydrogen-bond acceptors (Lipinski definition) is 4. The lowest BCUT2D eigenvalue weighted by Crippen LogP contribution is -2.46. The molecule has 7 heteroatoms. The summed E-state index contributed by atoms with van der Waals surface area (Å²) in [6.07, 6.45) is 1.67. The Morgan fingerprint density at radius 1 is 1.38 bits per heavy atom. The number of nitrogens with zero attached hydrogens (tertiary/aromatic N) is 3. The van der Waals surface area contributed by atoms with Crippen LogP contribution in [0.2, 0.25) is 0 Å². The van der Waals surface area contributed by atoms with Gasteiger partial charge < -0.3 is 20.4 Å². The molecule has 0 aromatic carbocycles. The fraction of sp³-hybridized carbons (Fsp3) is 0.786. The molecule has 0 saturated carbocycles. The Labute approximate surface area is 125 Å². The highest BCUT2D eigenvalue weighted by atomic mass is 16.2. The van der Waals surface area contributed by atoms with E-state index in [0.717, 1.165) is 13.0 Å². The van der Waals surface area contributed by atoms with E-state index in [4.69, 9.17) is 5.73 Å². The van der Waals surface area contributed by atoms with E-state index in [1.807, 2.05) is 19.0 Å². The topological polar surface area (TPSA) is 86.9 Å². The number of rotatable bonds is 5. The van der Waals surface area contributed by atoms with Crippen LogP contribution in [0.1, 0.15) is 19.3 Å². The Bertz CT molecular complexity index is 438. The summed E-state index contributed by atoms with van der Waals surface area (Å²) in [7, 11) is 3.90. The number of nitrogens with two attached hydrogens (primary N) is 1. The Balaban J connectivity index is 1.95. The minimum absolute atomic E-state index is 0.0185. The largest absolute Gasteiger partial charge is 0.368 e. The summed E-state index contributed by atoms with van der Waals surface area (Å²) >= 11 is 0. The molecule has 2 fully saturated rings. The van der Waals surface area contributed by atoms with Crippen molar-refractivity contribution >= 4 is 17.7 Å². The van der Waals surface area contributed by atoms with E-state index in [1.165, 1.54) is 0 Å². The van der Waals surface area contributed by atoms with Gasteiger partial charge in [-0.05, 0) is 26.9 Å². The first-order chi connectivity index (χ1) is 9.90. The maximum absolute atomic E-state index is 12.5. The molecule has 21 heavy (non-hydrogen) atoms. The van der Waals surface area contributed by atoms with Gasteiger partial charge in [-0.1, -0.05) is 0 Å². The summed E-state index contributed by atoms with van der Waals surface area (Å²) in [5.41, 5.74) is 5.34. The zero-order chi connectivity index (χ0) is 15.6. The molecule has 2 N–H and O–H groups in total. The van der Waals surface area contributed by atoms with Crippen molar-refractivity contribution in [3.63, 3.8) is 0 Å². The predicted molar refractivity (Wildman–Crippen MR) is 77.2 cm³/mol. The summed E-state index contributed by atoms with van der Waals surface area (Å²) in [4.78, 5) is 41.2. The maximum Gasteiger partial charge on any atom is 0.240 e. The van der Waals surface area contributed by atoms with Crippen LogP contribution in [-0.2, 0) is 14.4 Å². The number of hydrogen-bond donors (Lipinski definition) is 1. The quantitative estimate of drug-likeness (QED) is 0.696. The highest BCUT2D eigenvalue weighted by molar-refractivity contribution is 5.92. The third-order valence-electron chi connectivity index (χ3n) is 4.25. The van der Waals surface area contributed by atoms with Crippen LogP contribution in [0, 0.1) is 5.92 Å². The van der Waals surface area contributed by atoms with Crippen molar-refractivity contribution in [1.29, 1.82) is 0 Å². The monoisotopic (exact) mass is 296 g/mol. The summed E-state index contributed by atoms with van der Waals surface area (Å²) in [6.45, 7) is 2.43. The second-order valence-electron chi connectivity index (χ2n) is 6.14. The molecule has 0 aliphatic carbocycles. The van der Waals surface area contributed by atoms with Gasteiger partial charge >= 0.3 is 0 Å². The van der Waals surface area contributed by atoms with Crippen molar-refractivity contribution < 1.29 is 14.4 Å². The molecule has 2 aliphatic rings. The minimum atomic E-state index is -0.497. The number of likely N-dealkylation sites (tertiary alicyclic amines) is 2. The molecule has 2 aliphatic heterocycles. The van der Waals surface area contributed by atoms with Crippen molar-refractivity contribution in [3.05, 3.63) is 0 Å². The van der Waals surface area contributed by atoms with Gasteiger partial charge in [0.15, 0.2) is 0 Å². The number of primary amides is 1. The lowest BCUT2D eigenvalue weighted by Gasteiger charge is -2.25. The van der Waals surface area contributed by atoms with Crippen molar-refractivity contribution in [1.82, 2.24) is 14.7 Å². The molecule has 0 aromatic heterocycles. The minimum Gasteiger partial charge on any atom is -0.368 e. The van der Waals surface area contributed by atoms with Crippen LogP contribution < -0.4 is 5.73 Å². The summed E-state index contributed by atoms with van der Waals surface area (Å²) in [5, 5.41) is 0. The number of amides is 3. The second kappa shape index (κ2) is 6.43. The number of carbonyl (C=O) groups is 3. The van der Waals surface area contributed by atoms with Gasteiger partial charge in [0.25, 0.3) is 0 Å². The first-order valence-corrected chi connectivity index (χ1v) is 7.42. The molecular weight excluding hydrogens is 272 g/mol. The third-order valence-corrected chi connectivity index (χ3v) is 4.25. The molecule has 3 amide bonds. The zero-order valence-electron chi connectivity index (χ0n) is 12.7. The van der Waals surface area contributed by atoms with E-state index < -0.39 is 11.9 Å². The SMILES string of the molecule is CN(C)CCN1CC(C(=O)N2CCC[C@@H]2C(N)=O)CC1=O. The van der Waals surface area contributed by atoms with Gasteiger partial charge in [-0.15, -0.1) is 0 Å². The number of carbonyl (C=O) groups excluding carboxylic acids is 3. The molecule has 0 spiro atoms. The average Bonchev–Trinajstić information content (AvgIpc) is 3.02. The van der Waals surface area contributed by atoms with Crippen LogP contribution in [0.3, 0.4) is 0 Å². The Morgan fingerprint density at radius 2 is 2.10 bits per heavy atom. The van der Waals surface area contributed by atoms with E-state index in [0.29, 0.717) is 26.1 Å². The molecule has 118 valence electrons. The molecule has 2 saturated heterocycles. The van der Waals surface area contributed by atoms with Gasteiger partial charge in [0.1, 0.15) is 6.04 Å². The van der Waals surface area contributed by atoms with Crippen molar-refractivity contribution in [2.24, 2.45) is 11.7 Å². The lowest BCUT2D eigenvalue weighted by atomic mass is 10.1. The molecule has 2 atom stereocenters. The van der Waals surface area contributed by atoms with E-state index in [2.05, 4.69) is 0 Å². The van der Waals surface area contributed by atoms with Gasteiger partial charge in [0, 0.05) is 32.6 Å². The molecule has 0 bridgehead atoms. The van der Waals surface area contributed by atoms with Gasteiger partial charge in [0.2, 0.25) is 17.7 Å². The molecule has 2 heterocycles. The smallest absolute Gasteiger partial charge is 0.240 e. The number of likely N-dealkylation sites (N-methyl/N-ethyl adjacent to an activating group) is 1. The van der Waals surface area contributed by atoms with Crippen molar-refractivity contribution in [3.8, 4) is 0 Å². The predicted octanol–water partition coefficient (Wildman–Crippen LogP) is -1.13. The summed E-state index contributed by atoms with van der Waals surface area (Å²) in [6, 6.07) is -0.497. The first-order valence-electron chi connectivity index (χ1n) is 7.42. The Hall–Kier alpha value is -1.63. The average molecular weight is 296 g/mol. The Morgan fingerprint density at radius 3 is 2.71 bits per heavy atom. The van der Waals surface area contributed by atoms with Crippen molar-refractivity contribution in [2.75, 3.05) is 40.3 Å². The van der Waals surface area contributed by atoms with Crippen LogP contribution in [0.5, 0.6) is 0 Å². The summed E-state index contributed by atoms with van der Waals surface area (Å²) < 4.78 is 0. The molecule has 0 radical (unpaired) electrons. The van der Waals surface area contributed by atoms with Crippen LogP contribution >= 0.6 is 0 Å². The van der Waals surface area contributed by atoms with Crippen molar-refractivity contribution in [2.45, 2.75) is 25.3 Å². The first kappa shape index (κ1) is 15.8. The fourth-order valence-corrected chi connectivity index (χ4v) is 3.04. The van der Waals surface area contributed by atoms with E-state index >= 15 is 0 Å². The van der Waals surface area contributed by atoms with E-state index in [9.17, 15) is 14.4 Å². The molecule has 7 nitrogen and oxygen atoms in total. The molecular formula is C14H24N4O3. The molecule has 2 rings (SSSR count). The highest BCUT2D eigenvalue weighted by Gasteiger charge is 2.40. The van der Waals surface area contributed by atoms with Crippen LogP contribution in [0.25, 0.3) is 0 Å². The fourth-order valence-electron chi connectivity index (χ4n) is 3.04. The summed E-state index contributed by atoms with van der Waals surface area (Å²) in [5.74, 6) is -0.865. The lowest BCUT2D eigenvalue weighted by molar-refractivity contribution is -0.140. The molecule has 0 aromatic rings. The van der Waals surface area contributed by atoms with Crippen LogP contribution in [0.4, 0.5) is 0 Å². The van der Waals surface area contributed by atoms with Gasteiger partial charge in [-0.25, -0.2) is 0 Å². The van der Waals surface area contributed by atoms with Gasteiger partial charge in [-0.3, -0.25) is 14.4 Å². The van der Waals surface area contributed by atoms with E-state index in [-0.39, 0.29) is 24.2 Å². The van der Waals surface area contributed by atoms with Crippen LogP contribution in [-0.4, -0.2) is 78.7 Å². The molecule has 1 unspecified atom stereocenters. The third kappa shape index (κ3) is 3.53. The van der Waals surface area contributed by atoms with Crippen LogP contribution in [0.15, 0.2) is 0 Å². The van der Waals surface area contributed by atoms with Gasteiger partial charge in [-0.2, -0.15) is 0 Å². The zero-order valence-corrected chi connectivity index (χ0v) is 12.7. The normalized spacial score (nSPS) is 26.0. The highest BCUT2D eigenvalue weighted by Crippen LogP contribution is 2.25. The standard InChI is InChI=1S/C14H24N4O3/c1-16(2)6-7-17-9-10(8-12(17)19)14(21)18-5-3-4-11(18)13(15)20/h10-11H,3-9H2,1-2H3,(H2,15,20)/t10?,11-/m1/s1. The maximum atomic E-state index is 12.5. The second-order valence-corrected chi connectivity index (χ2v) is 6.14.